The summed E-state index contributed by atoms with van der Waals surface area (Å²) in [5.74, 6) is -1.19. The van der Waals surface area contributed by atoms with E-state index in [0.717, 1.165) is 31.3 Å². The van der Waals surface area contributed by atoms with Crippen LogP contribution in [0.1, 0.15) is 53.4 Å². The molecule has 1 aliphatic carbocycles. The maximum absolute atomic E-state index is 12.3. The van der Waals surface area contributed by atoms with Crippen LogP contribution in [0.3, 0.4) is 0 Å². The molecule has 0 N–H and O–H groups in total. The second-order valence-corrected chi connectivity index (χ2v) is 6.41. The Morgan fingerprint density at radius 2 is 1.71 bits per heavy atom. The predicted octanol–water partition coefficient (Wildman–Crippen LogP) is 2.78. The fraction of sp³-hybridized carbons (Fsp3) is 0.750. The maximum Gasteiger partial charge on any atom is 0.349 e. The van der Waals surface area contributed by atoms with Crippen LogP contribution >= 0.6 is 0 Å². The molecule has 21 heavy (non-hydrogen) atoms. The zero-order valence-corrected chi connectivity index (χ0v) is 13.7. The highest BCUT2D eigenvalue weighted by molar-refractivity contribution is 5.85. The average Bonchev–Trinajstić information content (AvgIpc) is 2.39. The van der Waals surface area contributed by atoms with Crippen molar-refractivity contribution in [1.82, 2.24) is 0 Å². The Bertz CT molecular complexity index is 422. The summed E-state index contributed by atoms with van der Waals surface area (Å²) in [4.78, 5) is 23.9. The first-order valence-electron chi connectivity index (χ1n) is 7.27. The summed E-state index contributed by atoms with van der Waals surface area (Å²) >= 11 is 0. The van der Waals surface area contributed by atoms with Crippen molar-refractivity contribution in [3.8, 4) is 0 Å². The summed E-state index contributed by atoms with van der Waals surface area (Å²) in [6.07, 6.45) is 3.81. The van der Waals surface area contributed by atoms with Gasteiger partial charge in [-0.15, -0.1) is 0 Å². The third kappa shape index (κ3) is 4.56. The highest BCUT2D eigenvalue weighted by Gasteiger charge is 2.41. The molecule has 0 aromatic rings. The number of rotatable bonds is 5. The SMILES string of the molecule is C=C1CCCCC1OC(C)(C)C(=O)OC(C)(C)C(=O)OC. The van der Waals surface area contributed by atoms with Crippen LogP contribution in [-0.2, 0) is 23.8 Å². The fourth-order valence-electron chi connectivity index (χ4n) is 2.24. The van der Waals surface area contributed by atoms with Gasteiger partial charge in [-0.25, -0.2) is 9.59 Å². The van der Waals surface area contributed by atoms with Crippen LogP contribution in [0.5, 0.6) is 0 Å². The molecule has 0 radical (unpaired) electrons. The Hall–Kier alpha value is -1.36. The molecule has 1 fully saturated rings. The van der Waals surface area contributed by atoms with Crippen molar-refractivity contribution in [1.29, 1.82) is 0 Å². The molecule has 0 spiro atoms. The van der Waals surface area contributed by atoms with E-state index in [1.165, 1.54) is 21.0 Å². The first kappa shape index (κ1) is 17.7. The van der Waals surface area contributed by atoms with E-state index in [-0.39, 0.29) is 6.10 Å². The summed E-state index contributed by atoms with van der Waals surface area (Å²) in [6, 6.07) is 0. The molecule has 1 unspecified atom stereocenters. The third-order valence-electron chi connectivity index (χ3n) is 3.62. The van der Waals surface area contributed by atoms with Crippen molar-refractivity contribution >= 4 is 11.9 Å². The van der Waals surface area contributed by atoms with Crippen molar-refractivity contribution in [2.75, 3.05) is 7.11 Å². The normalized spacial score (nSPS) is 20.0. The van der Waals surface area contributed by atoms with Crippen LogP contribution in [0.2, 0.25) is 0 Å². The van der Waals surface area contributed by atoms with Crippen LogP contribution < -0.4 is 0 Å². The van der Waals surface area contributed by atoms with E-state index >= 15 is 0 Å². The van der Waals surface area contributed by atoms with Crippen LogP contribution in [0, 0.1) is 0 Å². The largest absolute Gasteiger partial charge is 0.466 e. The molecule has 120 valence electrons. The minimum Gasteiger partial charge on any atom is -0.466 e. The van der Waals surface area contributed by atoms with Gasteiger partial charge in [0.15, 0.2) is 5.60 Å². The van der Waals surface area contributed by atoms with Gasteiger partial charge in [0.1, 0.15) is 0 Å². The zero-order valence-electron chi connectivity index (χ0n) is 13.7. The van der Waals surface area contributed by atoms with E-state index in [1.807, 2.05) is 0 Å². The molecule has 0 saturated heterocycles. The van der Waals surface area contributed by atoms with Crippen molar-refractivity contribution in [3.05, 3.63) is 12.2 Å². The average molecular weight is 298 g/mol. The maximum atomic E-state index is 12.3. The zero-order chi connectivity index (χ0) is 16.3. The summed E-state index contributed by atoms with van der Waals surface area (Å²) in [5, 5.41) is 0. The number of esters is 2. The molecule has 0 heterocycles. The second-order valence-electron chi connectivity index (χ2n) is 6.41. The third-order valence-corrected chi connectivity index (χ3v) is 3.62. The Morgan fingerprint density at radius 1 is 1.10 bits per heavy atom. The molecule has 0 aromatic heterocycles. The van der Waals surface area contributed by atoms with Gasteiger partial charge in [0.25, 0.3) is 0 Å². The molecule has 0 bridgehead atoms. The number of carbonyl (C=O) groups excluding carboxylic acids is 2. The smallest absolute Gasteiger partial charge is 0.349 e. The molecule has 1 rings (SSSR count). The Balaban J connectivity index is 2.70. The molecule has 1 atom stereocenters. The molecule has 1 aliphatic rings. The van der Waals surface area contributed by atoms with E-state index in [4.69, 9.17) is 9.47 Å². The van der Waals surface area contributed by atoms with Crippen LogP contribution in [0.4, 0.5) is 0 Å². The molecule has 0 aromatic carbocycles. The van der Waals surface area contributed by atoms with Gasteiger partial charge in [-0.3, -0.25) is 0 Å². The number of carbonyl (C=O) groups is 2. The number of hydrogen-bond acceptors (Lipinski definition) is 5. The minimum atomic E-state index is -1.34. The Labute approximate surface area is 126 Å². The number of ether oxygens (including phenoxy) is 3. The first-order valence-corrected chi connectivity index (χ1v) is 7.27. The van der Waals surface area contributed by atoms with E-state index < -0.39 is 23.1 Å². The molecule has 0 amide bonds. The van der Waals surface area contributed by atoms with Gasteiger partial charge in [0.05, 0.1) is 13.2 Å². The first-order chi connectivity index (χ1) is 9.60. The summed E-state index contributed by atoms with van der Waals surface area (Å²) in [7, 11) is 1.26. The quantitative estimate of drug-likeness (QED) is 0.577. The molecule has 0 aliphatic heterocycles. The summed E-state index contributed by atoms with van der Waals surface area (Å²) in [6.45, 7) is 10.3. The van der Waals surface area contributed by atoms with Crippen molar-refractivity contribution < 1.29 is 23.8 Å². The van der Waals surface area contributed by atoms with Gasteiger partial charge in [-0.1, -0.05) is 13.0 Å². The Morgan fingerprint density at radius 3 is 2.24 bits per heavy atom. The lowest BCUT2D eigenvalue weighted by atomic mass is 9.92. The van der Waals surface area contributed by atoms with Gasteiger partial charge >= 0.3 is 11.9 Å². The van der Waals surface area contributed by atoms with Crippen molar-refractivity contribution in [2.24, 2.45) is 0 Å². The minimum absolute atomic E-state index is 0.137. The predicted molar refractivity (Wildman–Crippen MR) is 78.7 cm³/mol. The van der Waals surface area contributed by atoms with Gasteiger partial charge < -0.3 is 14.2 Å². The molecule has 5 heteroatoms. The van der Waals surface area contributed by atoms with Crippen LogP contribution in [0.25, 0.3) is 0 Å². The van der Waals surface area contributed by atoms with Crippen molar-refractivity contribution in [2.45, 2.75) is 70.7 Å². The van der Waals surface area contributed by atoms with Gasteiger partial charge in [0, 0.05) is 0 Å². The molecule has 1 saturated carbocycles. The highest BCUT2D eigenvalue weighted by Crippen LogP contribution is 2.29. The number of methoxy groups -OCH3 is 1. The lowest BCUT2D eigenvalue weighted by Gasteiger charge is -2.34. The van der Waals surface area contributed by atoms with Gasteiger partial charge in [-0.2, -0.15) is 0 Å². The van der Waals surface area contributed by atoms with E-state index in [9.17, 15) is 9.59 Å². The number of hydrogen-bond donors (Lipinski definition) is 0. The molecule has 5 nitrogen and oxygen atoms in total. The van der Waals surface area contributed by atoms with Gasteiger partial charge in [-0.05, 0) is 52.5 Å². The monoisotopic (exact) mass is 298 g/mol. The van der Waals surface area contributed by atoms with Crippen molar-refractivity contribution in [3.63, 3.8) is 0 Å². The Kier molecular flexibility index (Phi) is 5.56. The van der Waals surface area contributed by atoms with Crippen LogP contribution in [-0.4, -0.2) is 36.4 Å². The van der Waals surface area contributed by atoms with E-state index in [1.54, 1.807) is 13.8 Å². The molecular formula is C16H26O5. The lowest BCUT2D eigenvalue weighted by molar-refractivity contribution is -0.194. The topological polar surface area (TPSA) is 61.8 Å². The van der Waals surface area contributed by atoms with Gasteiger partial charge in [0.2, 0.25) is 5.60 Å². The summed E-state index contributed by atoms with van der Waals surface area (Å²) < 4.78 is 15.8. The fourth-order valence-corrected chi connectivity index (χ4v) is 2.24. The molecular weight excluding hydrogens is 272 g/mol. The van der Waals surface area contributed by atoms with E-state index in [2.05, 4.69) is 11.3 Å². The standard InChI is InChI=1S/C16H26O5/c1-11-9-7-8-10-12(11)20-16(4,5)14(18)21-15(2,3)13(17)19-6/h12H,1,7-10H2,2-6H3. The second kappa shape index (κ2) is 6.60. The van der Waals surface area contributed by atoms with E-state index in [0.29, 0.717) is 0 Å². The summed E-state index contributed by atoms with van der Waals surface area (Å²) in [5.41, 5.74) is -1.47. The van der Waals surface area contributed by atoms with Crippen LogP contribution in [0.15, 0.2) is 12.2 Å². The lowest BCUT2D eigenvalue weighted by Crippen LogP contribution is -2.47. The highest BCUT2D eigenvalue weighted by atomic mass is 16.6.